The lowest BCUT2D eigenvalue weighted by Gasteiger charge is -2.36. The molecule has 1 aromatic rings. The Morgan fingerprint density at radius 1 is 0.692 bits per heavy atom. The van der Waals surface area contributed by atoms with Crippen LogP contribution in [-0.4, -0.2) is 60.9 Å². The zero-order chi connectivity index (χ0) is 17.9. The quantitative estimate of drug-likeness (QED) is 0.836. The van der Waals surface area contributed by atoms with Gasteiger partial charge in [0.05, 0.1) is 11.8 Å². The third-order valence-corrected chi connectivity index (χ3v) is 6.06. The molecule has 2 atom stereocenters. The highest BCUT2D eigenvalue weighted by molar-refractivity contribution is 5.92. The van der Waals surface area contributed by atoms with E-state index in [-0.39, 0.29) is 23.7 Å². The van der Waals surface area contributed by atoms with Gasteiger partial charge in [0.1, 0.15) is 0 Å². The zero-order valence-corrected chi connectivity index (χ0v) is 15.5. The van der Waals surface area contributed by atoms with Gasteiger partial charge in [0, 0.05) is 45.0 Å². The van der Waals surface area contributed by atoms with Gasteiger partial charge in [-0.3, -0.25) is 9.59 Å². The Morgan fingerprint density at radius 3 is 1.81 bits per heavy atom. The minimum absolute atomic E-state index is 0.0484. The Balaban J connectivity index is 1.27. The molecule has 1 saturated carbocycles. The van der Waals surface area contributed by atoms with Crippen molar-refractivity contribution in [2.45, 2.75) is 32.1 Å². The number of carbonyl (C=O) groups excluding carboxylic acids is 2. The lowest BCUT2D eigenvalue weighted by molar-refractivity contribution is -0.138. The molecule has 1 aromatic carbocycles. The summed E-state index contributed by atoms with van der Waals surface area (Å²) in [6, 6.07) is 10.4. The van der Waals surface area contributed by atoms with Gasteiger partial charge in [0.25, 0.3) is 0 Å². The van der Waals surface area contributed by atoms with E-state index in [1.54, 1.807) is 0 Å². The number of carbonyl (C=O) groups is 2. The minimum atomic E-state index is -0.0611. The molecule has 2 aliphatic heterocycles. The lowest BCUT2D eigenvalue weighted by Crippen LogP contribution is -2.49. The molecule has 2 unspecified atom stereocenters. The topological polar surface area (TPSA) is 43.9 Å². The highest BCUT2D eigenvalue weighted by Crippen LogP contribution is 2.42. The van der Waals surface area contributed by atoms with Crippen LogP contribution in [-0.2, 0) is 9.59 Å². The first-order valence-electron chi connectivity index (χ1n) is 10.1. The average molecular weight is 355 g/mol. The van der Waals surface area contributed by atoms with E-state index in [0.717, 1.165) is 58.5 Å². The summed E-state index contributed by atoms with van der Waals surface area (Å²) >= 11 is 0. The Kier molecular flexibility index (Phi) is 5.14. The first-order chi connectivity index (χ1) is 12.7. The van der Waals surface area contributed by atoms with Gasteiger partial charge in [-0.05, 0) is 31.4 Å². The number of piperazine rings is 1. The minimum Gasteiger partial charge on any atom is -0.368 e. The standard InChI is InChI=1S/C21H29N3O2/c25-20(23-10-6-1-2-7-11-23)18-16-19(18)21(26)24-14-12-22(13-15-24)17-8-4-3-5-9-17/h3-5,8-9,18-19H,1-2,6-7,10-16H2. The van der Waals surface area contributed by atoms with Crippen molar-refractivity contribution in [1.29, 1.82) is 0 Å². The molecular weight excluding hydrogens is 326 g/mol. The molecule has 0 aromatic heterocycles. The number of para-hydroxylation sites is 1. The largest absolute Gasteiger partial charge is 0.368 e. The first-order valence-corrected chi connectivity index (χ1v) is 10.1. The normalized spacial score (nSPS) is 26.4. The summed E-state index contributed by atoms with van der Waals surface area (Å²) in [6.45, 7) is 5.02. The van der Waals surface area contributed by atoms with Crippen molar-refractivity contribution in [2.75, 3.05) is 44.2 Å². The number of likely N-dealkylation sites (tertiary alicyclic amines) is 1. The lowest BCUT2D eigenvalue weighted by atomic mass is 10.2. The summed E-state index contributed by atoms with van der Waals surface area (Å²) in [5.74, 6) is 0.320. The second-order valence-electron chi connectivity index (χ2n) is 7.84. The second-order valence-corrected chi connectivity index (χ2v) is 7.84. The van der Waals surface area contributed by atoms with Crippen LogP contribution in [0.1, 0.15) is 32.1 Å². The number of nitrogens with zero attached hydrogens (tertiary/aromatic N) is 3. The molecule has 1 aliphatic carbocycles. The molecule has 4 rings (SSSR count). The second kappa shape index (κ2) is 7.68. The number of amides is 2. The van der Waals surface area contributed by atoms with Crippen LogP contribution in [0.4, 0.5) is 5.69 Å². The van der Waals surface area contributed by atoms with E-state index in [2.05, 4.69) is 29.2 Å². The van der Waals surface area contributed by atoms with Gasteiger partial charge in [0.15, 0.2) is 0 Å². The smallest absolute Gasteiger partial charge is 0.226 e. The maximum absolute atomic E-state index is 12.8. The molecule has 0 bridgehead atoms. The van der Waals surface area contributed by atoms with Crippen LogP contribution < -0.4 is 4.90 Å². The molecule has 0 spiro atoms. The van der Waals surface area contributed by atoms with Gasteiger partial charge in [0.2, 0.25) is 11.8 Å². The highest BCUT2D eigenvalue weighted by atomic mass is 16.2. The predicted octanol–water partition coefficient (Wildman–Crippen LogP) is 2.37. The number of anilines is 1. The number of benzene rings is 1. The van der Waals surface area contributed by atoms with Crippen LogP contribution in [0.5, 0.6) is 0 Å². The fraction of sp³-hybridized carbons (Fsp3) is 0.619. The molecule has 3 fully saturated rings. The molecule has 2 heterocycles. The summed E-state index contributed by atoms with van der Waals surface area (Å²) in [5, 5.41) is 0. The average Bonchev–Trinajstić information content (AvgIpc) is 3.52. The molecule has 140 valence electrons. The van der Waals surface area contributed by atoms with Crippen molar-refractivity contribution >= 4 is 17.5 Å². The Morgan fingerprint density at radius 2 is 1.23 bits per heavy atom. The molecule has 2 saturated heterocycles. The fourth-order valence-electron chi connectivity index (χ4n) is 4.32. The van der Waals surface area contributed by atoms with Crippen molar-refractivity contribution < 1.29 is 9.59 Å². The van der Waals surface area contributed by atoms with Crippen molar-refractivity contribution in [2.24, 2.45) is 11.8 Å². The van der Waals surface area contributed by atoms with Crippen LogP contribution in [0.25, 0.3) is 0 Å². The maximum Gasteiger partial charge on any atom is 0.226 e. The van der Waals surface area contributed by atoms with Crippen LogP contribution in [0.15, 0.2) is 30.3 Å². The fourth-order valence-corrected chi connectivity index (χ4v) is 4.32. The number of rotatable bonds is 3. The van der Waals surface area contributed by atoms with Crippen LogP contribution >= 0.6 is 0 Å². The number of hydrogen-bond donors (Lipinski definition) is 0. The SMILES string of the molecule is O=C(C1CC1C(=O)N1CCN(c2ccccc2)CC1)N1CCCCCC1. The molecule has 5 nitrogen and oxygen atoms in total. The third kappa shape index (κ3) is 3.71. The Labute approximate surface area is 155 Å². The van der Waals surface area contributed by atoms with Crippen molar-refractivity contribution in [1.82, 2.24) is 9.80 Å². The van der Waals surface area contributed by atoms with Gasteiger partial charge < -0.3 is 14.7 Å². The summed E-state index contributed by atoms with van der Waals surface area (Å²) in [6.07, 6.45) is 5.43. The first kappa shape index (κ1) is 17.4. The predicted molar refractivity (Wildman–Crippen MR) is 102 cm³/mol. The molecule has 0 radical (unpaired) electrons. The van der Waals surface area contributed by atoms with E-state index in [0.29, 0.717) is 0 Å². The van der Waals surface area contributed by atoms with E-state index in [9.17, 15) is 9.59 Å². The van der Waals surface area contributed by atoms with Gasteiger partial charge in [-0.1, -0.05) is 31.0 Å². The monoisotopic (exact) mass is 355 g/mol. The van der Waals surface area contributed by atoms with Crippen molar-refractivity contribution in [3.05, 3.63) is 30.3 Å². The van der Waals surface area contributed by atoms with Gasteiger partial charge >= 0.3 is 0 Å². The molecule has 2 amide bonds. The third-order valence-electron chi connectivity index (χ3n) is 6.06. The van der Waals surface area contributed by atoms with E-state index >= 15 is 0 Å². The Hall–Kier alpha value is -2.04. The summed E-state index contributed by atoms with van der Waals surface area (Å²) < 4.78 is 0. The van der Waals surface area contributed by atoms with Crippen LogP contribution in [0, 0.1) is 11.8 Å². The van der Waals surface area contributed by atoms with Gasteiger partial charge in [-0.15, -0.1) is 0 Å². The zero-order valence-electron chi connectivity index (χ0n) is 15.5. The van der Waals surface area contributed by atoms with E-state index in [1.807, 2.05) is 15.9 Å². The Bertz CT molecular complexity index is 632. The summed E-state index contributed by atoms with van der Waals surface area (Å²) in [5.41, 5.74) is 1.22. The molecular formula is C21H29N3O2. The summed E-state index contributed by atoms with van der Waals surface area (Å²) in [4.78, 5) is 31.8. The van der Waals surface area contributed by atoms with Gasteiger partial charge in [-0.2, -0.15) is 0 Å². The van der Waals surface area contributed by atoms with Gasteiger partial charge in [-0.25, -0.2) is 0 Å². The van der Waals surface area contributed by atoms with E-state index < -0.39 is 0 Å². The van der Waals surface area contributed by atoms with E-state index in [1.165, 1.54) is 18.5 Å². The number of hydrogen-bond acceptors (Lipinski definition) is 3. The van der Waals surface area contributed by atoms with Crippen molar-refractivity contribution in [3.63, 3.8) is 0 Å². The van der Waals surface area contributed by atoms with Crippen LogP contribution in [0.2, 0.25) is 0 Å². The summed E-state index contributed by atoms with van der Waals surface area (Å²) in [7, 11) is 0. The maximum atomic E-state index is 12.8. The molecule has 5 heteroatoms. The molecule has 3 aliphatic rings. The molecule has 26 heavy (non-hydrogen) atoms. The van der Waals surface area contributed by atoms with E-state index in [4.69, 9.17) is 0 Å². The van der Waals surface area contributed by atoms with Crippen molar-refractivity contribution in [3.8, 4) is 0 Å². The molecule has 0 N–H and O–H groups in total. The highest BCUT2D eigenvalue weighted by Gasteiger charge is 2.51. The van der Waals surface area contributed by atoms with Crippen LogP contribution in [0.3, 0.4) is 0 Å².